The topological polar surface area (TPSA) is 69.6 Å². The van der Waals surface area contributed by atoms with E-state index < -0.39 is 24.6 Å². The largest absolute Gasteiger partial charge is 0.481 e. The lowest BCUT2D eigenvalue weighted by Crippen LogP contribution is -2.40. The Morgan fingerprint density at radius 3 is 2.29 bits per heavy atom. The molecule has 0 spiro atoms. The van der Waals surface area contributed by atoms with Crippen LogP contribution in [0.5, 0.6) is 0 Å². The van der Waals surface area contributed by atoms with Crippen molar-refractivity contribution in [2.24, 2.45) is 11.8 Å². The van der Waals surface area contributed by atoms with E-state index in [9.17, 15) is 18.0 Å². The summed E-state index contributed by atoms with van der Waals surface area (Å²) in [6.07, 6.45) is -3.53. The molecule has 0 saturated carbocycles. The van der Waals surface area contributed by atoms with Gasteiger partial charge in [-0.3, -0.25) is 4.79 Å². The zero-order chi connectivity index (χ0) is 13.5. The van der Waals surface area contributed by atoms with E-state index in [2.05, 4.69) is 5.32 Å². The molecule has 2 unspecified atom stereocenters. The quantitative estimate of drug-likeness (QED) is 0.612. The zero-order valence-electron chi connectivity index (χ0n) is 9.63. The van der Waals surface area contributed by atoms with E-state index in [0.717, 1.165) is 6.42 Å². The Labute approximate surface area is 97.8 Å². The van der Waals surface area contributed by atoms with Crippen molar-refractivity contribution in [3.63, 3.8) is 0 Å². The number of aliphatic hydroxyl groups excluding tert-OH is 1. The fraction of sp³-hybridized carbons (Fsp3) is 0.900. The number of rotatable bonds is 8. The minimum absolute atomic E-state index is 0.0260. The Balaban J connectivity index is 4.10. The number of carboxylic acid groups (broad SMARTS) is 1. The first kappa shape index (κ1) is 16.2. The van der Waals surface area contributed by atoms with Crippen molar-refractivity contribution in [2.45, 2.75) is 25.9 Å². The molecular formula is C10H18F3NO3. The maximum absolute atomic E-state index is 12.3. The molecule has 0 amide bonds. The highest BCUT2D eigenvalue weighted by molar-refractivity contribution is 5.71. The molecule has 0 aromatic heterocycles. The smallest absolute Gasteiger partial charge is 0.403 e. The number of carboxylic acids is 1. The number of aliphatic carboxylic acids is 1. The highest BCUT2D eigenvalue weighted by Gasteiger charge is 2.44. The summed E-state index contributed by atoms with van der Waals surface area (Å²) in [5.74, 6) is -4.20. The number of halogens is 3. The predicted molar refractivity (Wildman–Crippen MR) is 55.5 cm³/mol. The van der Waals surface area contributed by atoms with Crippen molar-refractivity contribution in [1.82, 2.24) is 5.32 Å². The van der Waals surface area contributed by atoms with E-state index in [-0.39, 0.29) is 19.1 Å². The van der Waals surface area contributed by atoms with Crippen LogP contribution >= 0.6 is 0 Å². The SMILES string of the molecule is CCC(CCO)CNCC(C(=O)O)C(F)(F)F. The van der Waals surface area contributed by atoms with Gasteiger partial charge in [0.1, 0.15) is 0 Å². The first-order chi connectivity index (χ1) is 7.82. The molecule has 0 bridgehead atoms. The van der Waals surface area contributed by atoms with Gasteiger partial charge in [-0.2, -0.15) is 13.2 Å². The molecule has 0 rings (SSSR count). The highest BCUT2D eigenvalue weighted by Crippen LogP contribution is 2.25. The van der Waals surface area contributed by atoms with Gasteiger partial charge < -0.3 is 15.5 Å². The second kappa shape index (κ2) is 7.50. The lowest BCUT2D eigenvalue weighted by molar-refractivity contribution is -0.192. The van der Waals surface area contributed by atoms with Crippen LogP contribution < -0.4 is 5.32 Å². The summed E-state index contributed by atoms with van der Waals surface area (Å²) in [6.45, 7) is 1.47. The molecule has 4 nitrogen and oxygen atoms in total. The first-order valence-corrected chi connectivity index (χ1v) is 5.44. The van der Waals surface area contributed by atoms with Gasteiger partial charge in [-0.1, -0.05) is 13.3 Å². The van der Waals surface area contributed by atoms with Crippen LogP contribution in [0.15, 0.2) is 0 Å². The number of hydrogen-bond acceptors (Lipinski definition) is 3. The maximum atomic E-state index is 12.3. The third-order valence-corrected chi connectivity index (χ3v) is 2.59. The summed E-state index contributed by atoms with van der Waals surface area (Å²) in [6, 6.07) is 0. The van der Waals surface area contributed by atoms with Crippen molar-refractivity contribution in [3.8, 4) is 0 Å². The van der Waals surface area contributed by atoms with Crippen LogP contribution in [0, 0.1) is 11.8 Å². The third-order valence-electron chi connectivity index (χ3n) is 2.59. The van der Waals surface area contributed by atoms with E-state index in [1.54, 1.807) is 0 Å². The van der Waals surface area contributed by atoms with E-state index in [0.29, 0.717) is 6.42 Å². The van der Waals surface area contributed by atoms with Crippen LogP contribution in [0.4, 0.5) is 13.2 Å². The summed E-state index contributed by atoms with van der Waals surface area (Å²) in [5.41, 5.74) is 0. The van der Waals surface area contributed by atoms with Gasteiger partial charge in [0.15, 0.2) is 5.92 Å². The minimum Gasteiger partial charge on any atom is -0.481 e. The molecule has 0 fully saturated rings. The van der Waals surface area contributed by atoms with Crippen LogP contribution in [0.2, 0.25) is 0 Å². The lowest BCUT2D eigenvalue weighted by atomic mass is 10.0. The van der Waals surface area contributed by atoms with Crippen molar-refractivity contribution in [2.75, 3.05) is 19.7 Å². The third kappa shape index (κ3) is 6.48. The van der Waals surface area contributed by atoms with Gasteiger partial charge in [0.2, 0.25) is 0 Å². The molecular weight excluding hydrogens is 239 g/mol. The maximum Gasteiger partial charge on any atom is 0.403 e. The summed E-state index contributed by atoms with van der Waals surface area (Å²) in [4.78, 5) is 10.4. The van der Waals surface area contributed by atoms with Crippen molar-refractivity contribution >= 4 is 5.97 Å². The van der Waals surface area contributed by atoms with Gasteiger partial charge in [-0.05, 0) is 18.9 Å². The fourth-order valence-corrected chi connectivity index (χ4v) is 1.41. The Morgan fingerprint density at radius 1 is 1.35 bits per heavy atom. The molecule has 0 aromatic carbocycles. The standard InChI is InChI=1S/C10H18F3NO3/c1-2-7(3-4-15)5-14-6-8(9(16)17)10(11,12)13/h7-8,14-15H,2-6H2,1H3,(H,16,17). The second-order valence-corrected chi connectivity index (χ2v) is 3.88. The van der Waals surface area contributed by atoms with Crippen LogP contribution in [0.1, 0.15) is 19.8 Å². The summed E-state index contributed by atoms with van der Waals surface area (Å²) >= 11 is 0. The Hall–Kier alpha value is -0.820. The van der Waals surface area contributed by atoms with Gasteiger partial charge in [-0.25, -0.2) is 0 Å². The number of alkyl halides is 3. The number of carbonyl (C=O) groups is 1. The molecule has 0 heterocycles. The van der Waals surface area contributed by atoms with Gasteiger partial charge in [0, 0.05) is 13.2 Å². The van der Waals surface area contributed by atoms with Gasteiger partial charge in [0.05, 0.1) is 0 Å². The molecule has 0 aliphatic carbocycles. The van der Waals surface area contributed by atoms with E-state index in [1.807, 2.05) is 6.92 Å². The Bertz CT molecular complexity index is 233. The average molecular weight is 257 g/mol. The van der Waals surface area contributed by atoms with Crippen LogP contribution in [0.25, 0.3) is 0 Å². The van der Waals surface area contributed by atoms with Crippen LogP contribution in [0.3, 0.4) is 0 Å². The minimum atomic E-state index is -4.74. The molecule has 0 aliphatic rings. The van der Waals surface area contributed by atoms with E-state index in [4.69, 9.17) is 10.2 Å². The van der Waals surface area contributed by atoms with Gasteiger partial charge in [0.25, 0.3) is 0 Å². The fourth-order valence-electron chi connectivity index (χ4n) is 1.41. The van der Waals surface area contributed by atoms with Gasteiger partial charge in [-0.15, -0.1) is 0 Å². The van der Waals surface area contributed by atoms with Gasteiger partial charge >= 0.3 is 12.1 Å². The highest BCUT2D eigenvalue weighted by atomic mass is 19.4. The molecule has 2 atom stereocenters. The lowest BCUT2D eigenvalue weighted by Gasteiger charge is -2.19. The van der Waals surface area contributed by atoms with Crippen LogP contribution in [-0.4, -0.2) is 42.1 Å². The van der Waals surface area contributed by atoms with Crippen LogP contribution in [-0.2, 0) is 4.79 Å². The number of aliphatic hydroxyl groups is 1. The summed E-state index contributed by atoms with van der Waals surface area (Å²) in [5, 5.41) is 19.6. The molecule has 7 heteroatoms. The molecule has 102 valence electrons. The Morgan fingerprint density at radius 2 is 1.94 bits per heavy atom. The number of nitrogens with one attached hydrogen (secondary N) is 1. The normalized spacial score (nSPS) is 15.6. The van der Waals surface area contributed by atoms with Crippen molar-refractivity contribution in [1.29, 1.82) is 0 Å². The predicted octanol–water partition coefficient (Wildman–Crippen LogP) is 1.25. The first-order valence-electron chi connectivity index (χ1n) is 5.44. The summed E-state index contributed by atoms with van der Waals surface area (Å²) in [7, 11) is 0. The molecule has 0 aromatic rings. The number of hydrogen-bond donors (Lipinski definition) is 3. The monoisotopic (exact) mass is 257 g/mol. The van der Waals surface area contributed by atoms with Crippen molar-refractivity contribution in [3.05, 3.63) is 0 Å². The van der Waals surface area contributed by atoms with E-state index >= 15 is 0 Å². The molecule has 3 N–H and O–H groups in total. The molecule has 0 radical (unpaired) electrons. The molecule has 17 heavy (non-hydrogen) atoms. The van der Waals surface area contributed by atoms with E-state index in [1.165, 1.54) is 0 Å². The van der Waals surface area contributed by atoms with Crippen molar-refractivity contribution < 1.29 is 28.2 Å². The second-order valence-electron chi connectivity index (χ2n) is 3.88. The Kier molecular flexibility index (Phi) is 7.13. The molecule has 0 aliphatic heterocycles. The summed E-state index contributed by atoms with van der Waals surface area (Å²) < 4.78 is 36.8. The molecule has 0 saturated heterocycles. The zero-order valence-corrected chi connectivity index (χ0v) is 9.63. The average Bonchev–Trinajstić information content (AvgIpc) is 2.20.